The number of alkyl halides is 1. The van der Waals surface area contributed by atoms with Crippen molar-refractivity contribution in [3.8, 4) is 11.5 Å². The van der Waals surface area contributed by atoms with Crippen LogP contribution >= 0.6 is 15.9 Å². The number of carbonyl (C=O) groups excluding carboxylic acids is 1. The number of ether oxygens (including phenoxy) is 1. The fourth-order valence-corrected chi connectivity index (χ4v) is 3.48. The van der Waals surface area contributed by atoms with Gasteiger partial charge in [0, 0.05) is 12.0 Å². The Balaban J connectivity index is 1.89. The Morgan fingerprint density at radius 1 is 1.22 bits per heavy atom. The number of hydrogen-bond donors (Lipinski definition) is 1. The van der Waals surface area contributed by atoms with Gasteiger partial charge < -0.3 is 14.3 Å². The first kappa shape index (κ1) is 19.3. The van der Waals surface area contributed by atoms with Crippen LogP contribution in [-0.4, -0.2) is 28.8 Å². The van der Waals surface area contributed by atoms with Crippen molar-refractivity contribution in [1.82, 2.24) is 4.98 Å². The van der Waals surface area contributed by atoms with Gasteiger partial charge in [-0.05, 0) is 24.6 Å². The second-order valence-electron chi connectivity index (χ2n) is 6.36. The van der Waals surface area contributed by atoms with Crippen molar-refractivity contribution in [2.24, 2.45) is 0 Å². The Bertz CT molecular complexity index is 907. The number of aliphatic hydroxyl groups is 1. The van der Waals surface area contributed by atoms with Crippen LogP contribution in [0.3, 0.4) is 0 Å². The lowest BCUT2D eigenvalue weighted by atomic mass is 9.90. The molecule has 0 saturated heterocycles. The molecule has 2 unspecified atom stereocenters. The van der Waals surface area contributed by atoms with E-state index in [9.17, 15) is 9.90 Å². The third-order valence-corrected chi connectivity index (χ3v) is 5.63. The number of aryl methyl sites for hydroxylation is 1. The molecule has 0 bridgehead atoms. The molecule has 6 heteroatoms. The fraction of sp³-hybridized carbons (Fsp3) is 0.238. The van der Waals surface area contributed by atoms with Gasteiger partial charge in [-0.1, -0.05) is 64.0 Å². The molecular weight excluding hydrogens is 410 g/mol. The predicted octanol–water partition coefficient (Wildman–Crippen LogP) is 4.23. The summed E-state index contributed by atoms with van der Waals surface area (Å²) in [5.41, 5.74) is 0.867. The van der Waals surface area contributed by atoms with Crippen molar-refractivity contribution in [3.05, 3.63) is 77.7 Å². The summed E-state index contributed by atoms with van der Waals surface area (Å²) in [4.78, 5) is 16.0. The van der Waals surface area contributed by atoms with Crippen molar-refractivity contribution in [2.75, 3.05) is 7.11 Å². The standard InChI is InChI=1S/C21H20BrNO4/c1-14-8-10-16(11-9-14)19-23-13-17(27-19)12-21(25,20(24)26-2)18(22)15-6-4-3-5-7-15/h3-11,13,18,25H,12H2,1-2H3. The maximum absolute atomic E-state index is 12.4. The highest BCUT2D eigenvalue weighted by Gasteiger charge is 2.46. The Labute approximate surface area is 166 Å². The second-order valence-corrected chi connectivity index (χ2v) is 7.28. The van der Waals surface area contributed by atoms with E-state index in [2.05, 4.69) is 20.9 Å². The largest absolute Gasteiger partial charge is 0.467 e. The molecule has 0 radical (unpaired) electrons. The number of esters is 1. The van der Waals surface area contributed by atoms with Gasteiger partial charge in [-0.25, -0.2) is 9.78 Å². The fourth-order valence-electron chi connectivity index (χ4n) is 2.82. The van der Waals surface area contributed by atoms with E-state index in [1.54, 1.807) is 0 Å². The number of methoxy groups -OCH3 is 1. The summed E-state index contributed by atoms with van der Waals surface area (Å²) in [7, 11) is 1.25. The molecule has 3 rings (SSSR count). The van der Waals surface area contributed by atoms with E-state index in [1.807, 2.05) is 61.5 Å². The number of halogens is 1. The van der Waals surface area contributed by atoms with Gasteiger partial charge in [0.05, 0.1) is 18.1 Å². The van der Waals surface area contributed by atoms with Crippen LogP contribution in [0.25, 0.3) is 11.5 Å². The molecule has 3 aromatic rings. The zero-order valence-corrected chi connectivity index (χ0v) is 16.6. The number of hydrogen-bond acceptors (Lipinski definition) is 5. The molecule has 140 valence electrons. The second kappa shape index (κ2) is 8.06. The van der Waals surface area contributed by atoms with Crippen LogP contribution in [0.1, 0.15) is 21.7 Å². The van der Waals surface area contributed by atoms with Crippen LogP contribution in [0.5, 0.6) is 0 Å². The molecule has 0 saturated carbocycles. The van der Waals surface area contributed by atoms with Crippen LogP contribution in [0, 0.1) is 6.92 Å². The number of nitrogens with zero attached hydrogens (tertiary/aromatic N) is 1. The van der Waals surface area contributed by atoms with Gasteiger partial charge in [-0.15, -0.1) is 0 Å². The Morgan fingerprint density at radius 3 is 2.52 bits per heavy atom. The maximum Gasteiger partial charge on any atom is 0.339 e. The van der Waals surface area contributed by atoms with Crippen LogP contribution in [0.2, 0.25) is 0 Å². The first-order valence-corrected chi connectivity index (χ1v) is 9.37. The maximum atomic E-state index is 12.4. The Hall–Kier alpha value is -2.44. The molecule has 0 aliphatic carbocycles. The van der Waals surface area contributed by atoms with E-state index in [0.29, 0.717) is 11.7 Å². The molecule has 0 amide bonds. The number of rotatable bonds is 6. The number of oxazole rings is 1. The highest BCUT2D eigenvalue weighted by molar-refractivity contribution is 9.09. The molecule has 0 spiro atoms. The van der Waals surface area contributed by atoms with Crippen LogP contribution in [0.15, 0.2) is 65.2 Å². The SMILES string of the molecule is COC(=O)C(O)(Cc1cnc(-c2ccc(C)cc2)o1)C(Br)c1ccccc1. The number of aromatic nitrogens is 1. The molecule has 1 aromatic heterocycles. The Morgan fingerprint density at radius 2 is 1.89 bits per heavy atom. The zero-order chi connectivity index (χ0) is 19.4. The summed E-state index contributed by atoms with van der Waals surface area (Å²) in [5.74, 6) is 0.0726. The minimum atomic E-state index is -1.85. The number of benzene rings is 2. The topological polar surface area (TPSA) is 72.6 Å². The smallest absolute Gasteiger partial charge is 0.339 e. The first-order valence-electron chi connectivity index (χ1n) is 8.45. The van der Waals surface area contributed by atoms with Gasteiger partial charge in [-0.3, -0.25) is 0 Å². The summed E-state index contributed by atoms with van der Waals surface area (Å²) < 4.78 is 10.6. The van der Waals surface area contributed by atoms with E-state index in [-0.39, 0.29) is 6.42 Å². The van der Waals surface area contributed by atoms with E-state index in [4.69, 9.17) is 9.15 Å². The molecule has 2 aromatic carbocycles. The zero-order valence-electron chi connectivity index (χ0n) is 15.1. The molecule has 27 heavy (non-hydrogen) atoms. The summed E-state index contributed by atoms with van der Waals surface area (Å²) in [6.45, 7) is 2.00. The lowest BCUT2D eigenvalue weighted by Gasteiger charge is -2.29. The quantitative estimate of drug-likeness (QED) is 0.468. The molecule has 5 nitrogen and oxygen atoms in total. The summed E-state index contributed by atoms with van der Waals surface area (Å²) in [6.07, 6.45) is 1.44. The van der Waals surface area contributed by atoms with Crippen LogP contribution in [-0.2, 0) is 16.0 Å². The van der Waals surface area contributed by atoms with E-state index >= 15 is 0 Å². The van der Waals surface area contributed by atoms with Crippen molar-refractivity contribution >= 4 is 21.9 Å². The normalized spacial score (nSPS) is 14.4. The third kappa shape index (κ3) is 4.12. The first-order chi connectivity index (χ1) is 12.9. The van der Waals surface area contributed by atoms with E-state index in [1.165, 1.54) is 13.3 Å². The monoisotopic (exact) mass is 429 g/mol. The lowest BCUT2D eigenvalue weighted by molar-refractivity contribution is -0.162. The van der Waals surface area contributed by atoms with Crippen molar-refractivity contribution in [1.29, 1.82) is 0 Å². The van der Waals surface area contributed by atoms with Crippen LogP contribution < -0.4 is 0 Å². The third-order valence-electron chi connectivity index (χ3n) is 4.35. The van der Waals surface area contributed by atoms with Crippen molar-refractivity contribution in [2.45, 2.75) is 23.8 Å². The summed E-state index contributed by atoms with van der Waals surface area (Å²) in [5, 5.41) is 11.2. The lowest BCUT2D eigenvalue weighted by Crippen LogP contribution is -2.45. The predicted molar refractivity (Wildman–Crippen MR) is 105 cm³/mol. The van der Waals surface area contributed by atoms with Gasteiger partial charge in [-0.2, -0.15) is 0 Å². The number of carbonyl (C=O) groups is 1. The average molecular weight is 430 g/mol. The van der Waals surface area contributed by atoms with Gasteiger partial charge >= 0.3 is 5.97 Å². The minimum absolute atomic E-state index is 0.0800. The average Bonchev–Trinajstić information content (AvgIpc) is 3.16. The highest BCUT2D eigenvalue weighted by Crippen LogP contribution is 2.38. The van der Waals surface area contributed by atoms with Gasteiger partial charge in [0.15, 0.2) is 5.60 Å². The van der Waals surface area contributed by atoms with Crippen molar-refractivity contribution < 1.29 is 19.1 Å². The summed E-state index contributed by atoms with van der Waals surface area (Å²) in [6, 6.07) is 16.9. The molecule has 1 N–H and O–H groups in total. The van der Waals surface area contributed by atoms with Crippen molar-refractivity contribution in [3.63, 3.8) is 0 Å². The molecule has 0 aliphatic rings. The highest BCUT2D eigenvalue weighted by atomic mass is 79.9. The van der Waals surface area contributed by atoms with Gasteiger partial charge in [0.2, 0.25) is 5.89 Å². The molecule has 2 atom stereocenters. The van der Waals surface area contributed by atoms with Gasteiger partial charge in [0.1, 0.15) is 5.76 Å². The van der Waals surface area contributed by atoms with E-state index in [0.717, 1.165) is 16.7 Å². The minimum Gasteiger partial charge on any atom is -0.467 e. The summed E-state index contributed by atoms with van der Waals surface area (Å²) >= 11 is 3.45. The van der Waals surface area contributed by atoms with Gasteiger partial charge in [0.25, 0.3) is 0 Å². The molecule has 0 fully saturated rings. The van der Waals surface area contributed by atoms with Crippen LogP contribution in [0.4, 0.5) is 0 Å². The Kier molecular flexibility index (Phi) is 5.77. The molecule has 0 aliphatic heterocycles. The molecule has 1 heterocycles. The molecular formula is C21H20BrNO4. The van der Waals surface area contributed by atoms with E-state index < -0.39 is 16.4 Å².